The van der Waals surface area contributed by atoms with Crippen LogP contribution in [0.25, 0.3) is 11.3 Å². The number of ether oxygens (including phenoxy) is 1. The molecule has 0 radical (unpaired) electrons. The van der Waals surface area contributed by atoms with Crippen LogP contribution in [0, 0.1) is 0 Å². The van der Waals surface area contributed by atoms with Gasteiger partial charge in [-0.05, 0) is 48.4 Å². The average Bonchev–Trinajstić information content (AvgIpc) is 3.18. The van der Waals surface area contributed by atoms with Crippen LogP contribution in [-0.4, -0.2) is 19.6 Å². The fourth-order valence-electron chi connectivity index (χ4n) is 2.66. The Morgan fingerprint density at radius 1 is 1.07 bits per heavy atom. The molecule has 0 aliphatic carbocycles. The van der Waals surface area contributed by atoms with Crippen LogP contribution in [0.15, 0.2) is 65.1 Å². The lowest BCUT2D eigenvalue weighted by atomic mass is 10.1. The van der Waals surface area contributed by atoms with Crippen molar-refractivity contribution in [3.63, 3.8) is 0 Å². The molecule has 4 nitrogen and oxygen atoms in total. The number of alkyl halides is 3. The van der Waals surface area contributed by atoms with Crippen LogP contribution in [0.2, 0.25) is 0 Å². The van der Waals surface area contributed by atoms with E-state index in [4.69, 9.17) is 9.15 Å². The van der Waals surface area contributed by atoms with Gasteiger partial charge in [0.25, 0.3) is 5.91 Å². The van der Waals surface area contributed by atoms with Crippen molar-refractivity contribution in [3.8, 4) is 17.1 Å². The minimum atomic E-state index is -4.44. The number of furan rings is 1. The van der Waals surface area contributed by atoms with Crippen LogP contribution in [0.1, 0.15) is 21.7 Å². The van der Waals surface area contributed by atoms with Crippen molar-refractivity contribution in [2.45, 2.75) is 12.6 Å². The molecule has 0 bridgehead atoms. The van der Waals surface area contributed by atoms with Crippen molar-refractivity contribution in [1.82, 2.24) is 5.32 Å². The highest BCUT2D eigenvalue weighted by molar-refractivity contribution is 5.92. The second-order valence-electron chi connectivity index (χ2n) is 6.10. The molecule has 146 valence electrons. The van der Waals surface area contributed by atoms with E-state index in [2.05, 4.69) is 5.32 Å². The lowest BCUT2D eigenvalue weighted by Gasteiger charge is -2.07. The predicted octanol–water partition coefficient (Wildman–Crippen LogP) is 4.95. The van der Waals surface area contributed by atoms with Crippen LogP contribution in [0.5, 0.6) is 5.75 Å². The molecule has 1 N–H and O–H groups in total. The quantitative estimate of drug-likeness (QED) is 0.649. The van der Waals surface area contributed by atoms with Crippen molar-refractivity contribution >= 4 is 5.91 Å². The van der Waals surface area contributed by atoms with Crippen LogP contribution < -0.4 is 10.1 Å². The summed E-state index contributed by atoms with van der Waals surface area (Å²) in [6.07, 6.45) is -3.82. The highest BCUT2D eigenvalue weighted by Crippen LogP contribution is 2.32. The summed E-state index contributed by atoms with van der Waals surface area (Å²) >= 11 is 0. The van der Waals surface area contributed by atoms with Crippen LogP contribution in [-0.2, 0) is 12.6 Å². The molecule has 0 atom stereocenters. The van der Waals surface area contributed by atoms with Gasteiger partial charge in [-0.1, -0.05) is 24.3 Å². The largest absolute Gasteiger partial charge is 0.497 e. The average molecular weight is 389 g/mol. The summed E-state index contributed by atoms with van der Waals surface area (Å²) in [7, 11) is 1.59. The lowest BCUT2D eigenvalue weighted by Crippen LogP contribution is -2.25. The van der Waals surface area contributed by atoms with Gasteiger partial charge in [0, 0.05) is 12.1 Å². The summed E-state index contributed by atoms with van der Waals surface area (Å²) in [5, 5.41) is 2.73. The number of carbonyl (C=O) groups excluding carboxylic acids is 1. The SMILES string of the molecule is COc1ccc(CCNC(=O)c2ccc(-c3cccc(C(F)(F)F)c3)o2)cc1. The van der Waals surface area contributed by atoms with Gasteiger partial charge in [-0.3, -0.25) is 4.79 Å². The van der Waals surface area contributed by atoms with E-state index in [0.29, 0.717) is 13.0 Å². The van der Waals surface area contributed by atoms with E-state index in [1.165, 1.54) is 24.3 Å². The summed E-state index contributed by atoms with van der Waals surface area (Å²) < 4.78 is 49.0. The van der Waals surface area contributed by atoms with Gasteiger partial charge in [-0.15, -0.1) is 0 Å². The molecule has 0 spiro atoms. The maximum Gasteiger partial charge on any atom is 0.416 e. The summed E-state index contributed by atoms with van der Waals surface area (Å²) in [6.45, 7) is 0.394. The molecule has 3 rings (SSSR count). The summed E-state index contributed by atoms with van der Waals surface area (Å²) in [5.41, 5.74) is 0.518. The monoisotopic (exact) mass is 389 g/mol. The minimum Gasteiger partial charge on any atom is -0.497 e. The molecule has 1 aromatic heterocycles. The molecule has 7 heteroatoms. The number of rotatable bonds is 6. The van der Waals surface area contributed by atoms with Gasteiger partial charge < -0.3 is 14.5 Å². The molecule has 0 unspecified atom stereocenters. The van der Waals surface area contributed by atoms with E-state index < -0.39 is 17.6 Å². The summed E-state index contributed by atoms with van der Waals surface area (Å²) in [5.74, 6) is 0.575. The molecule has 0 saturated carbocycles. The molecule has 1 amide bonds. The number of halogens is 3. The number of carbonyl (C=O) groups is 1. The number of amides is 1. The number of nitrogens with one attached hydrogen (secondary N) is 1. The molecule has 0 aliphatic heterocycles. The maximum atomic E-state index is 12.8. The topological polar surface area (TPSA) is 51.5 Å². The third-order valence-electron chi connectivity index (χ3n) is 4.16. The van der Waals surface area contributed by atoms with Crippen molar-refractivity contribution in [1.29, 1.82) is 0 Å². The second-order valence-corrected chi connectivity index (χ2v) is 6.10. The normalized spacial score (nSPS) is 11.3. The fraction of sp³-hybridized carbons (Fsp3) is 0.190. The van der Waals surface area contributed by atoms with E-state index in [-0.39, 0.29) is 17.1 Å². The van der Waals surface area contributed by atoms with Crippen LogP contribution >= 0.6 is 0 Å². The van der Waals surface area contributed by atoms with Gasteiger partial charge in [0.15, 0.2) is 5.76 Å². The first-order valence-electron chi connectivity index (χ1n) is 8.55. The third-order valence-corrected chi connectivity index (χ3v) is 4.16. The molecule has 0 saturated heterocycles. The molecule has 1 heterocycles. The first-order valence-corrected chi connectivity index (χ1v) is 8.55. The Kier molecular flexibility index (Phi) is 5.73. The van der Waals surface area contributed by atoms with Crippen LogP contribution in [0.3, 0.4) is 0 Å². The van der Waals surface area contributed by atoms with Gasteiger partial charge in [-0.25, -0.2) is 0 Å². The van der Waals surface area contributed by atoms with E-state index >= 15 is 0 Å². The van der Waals surface area contributed by atoms with Gasteiger partial charge in [-0.2, -0.15) is 13.2 Å². The minimum absolute atomic E-state index is 0.0437. The zero-order valence-corrected chi connectivity index (χ0v) is 15.0. The number of benzene rings is 2. The van der Waals surface area contributed by atoms with Crippen LogP contribution in [0.4, 0.5) is 13.2 Å². The summed E-state index contributed by atoms with van der Waals surface area (Å²) in [6, 6.07) is 15.2. The fourth-order valence-corrected chi connectivity index (χ4v) is 2.66. The Hall–Kier alpha value is -3.22. The van der Waals surface area contributed by atoms with Crippen molar-refractivity contribution in [2.75, 3.05) is 13.7 Å². The van der Waals surface area contributed by atoms with Crippen molar-refractivity contribution in [2.24, 2.45) is 0 Å². The molecule has 3 aromatic rings. The highest BCUT2D eigenvalue weighted by Gasteiger charge is 2.30. The maximum absolute atomic E-state index is 12.8. The van der Waals surface area contributed by atoms with Gasteiger partial charge in [0.05, 0.1) is 12.7 Å². The Bertz CT molecular complexity index is 946. The van der Waals surface area contributed by atoms with Crippen molar-refractivity contribution in [3.05, 3.63) is 77.6 Å². The third kappa shape index (κ3) is 4.73. The molecular formula is C21H18F3NO3. The Morgan fingerprint density at radius 2 is 1.82 bits per heavy atom. The Labute approximate surface area is 159 Å². The molecule has 2 aromatic carbocycles. The lowest BCUT2D eigenvalue weighted by molar-refractivity contribution is -0.137. The number of methoxy groups -OCH3 is 1. The summed E-state index contributed by atoms with van der Waals surface area (Å²) in [4.78, 5) is 12.2. The van der Waals surface area contributed by atoms with E-state index in [9.17, 15) is 18.0 Å². The number of hydrogen-bond donors (Lipinski definition) is 1. The second kappa shape index (κ2) is 8.21. The zero-order valence-electron chi connectivity index (χ0n) is 15.0. The van der Waals surface area contributed by atoms with E-state index in [1.807, 2.05) is 24.3 Å². The molecule has 0 aliphatic rings. The first kappa shape index (κ1) is 19.5. The van der Waals surface area contributed by atoms with Gasteiger partial charge in [0.2, 0.25) is 0 Å². The standard InChI is InChI=1S/C21H18F3NO3/c1-27-17-7-5-14(6-8-17)11-12-25-20(26)19-10-9-18(28-19)15-3-2-4-16(13-15)21(22,23)24/h2-10,13H,11-12H2,1H3,(H,25,26). The Balaban J connectivity index is 1.61. The first-order chi connectivity index (χ1) is 13.4. The highest BCUT2D eigenvalue weighted by atomic mass is 19.4. The molecule has 0 fully saturated rings. The molecular weight excluding hydrogens is 371 g/mol. The zero-order chi connectivity index (χ0) is 20.1. The number of hydrogen-bond acceptors (Lipinski definition) is 3. The van der Waals surface area contributed by atoms with E-state index in [1.54, 1.807) is 7.11 Å². The van der Waals surface area contributed by atoms with Gasteiger partial charge in [0.1, 0.15) is 11.5 Å². The smallest absolute Gasteiger partial charge is 0.416 e. The Morgan fingerprint density at radius 3 is 2.50 bits per heavy atom. The molecule has 28 heavy (non-hydrogen) atoms. The predicted molar refractivity (Wildman–Crippen MR) is 98.2 cm³/mol. The van der Waals surface area contributed by atoms with Crippen molar-refractivity contribution < 1.29 is 27.1 Å². The van der Waals surface area contributed by atoms with Gasteiger partial charge >= 0.3 is 6.18 Å². The van der Waals surface area contributed by atoms with E-state index in [0.717, 1.165) is 23.4 Å².